The molecule has 4 N–H and O–H groups in total. The molecular weight excluding hydrogens is 234 g/mol. The van der Waals surface area contributed by atoms with Crippen LogP contribution < -0.4 is 5.32 Å². The van der Waals surface area contributed by atoms with Crippen LogP contribution in [0, 0.1) is 13.8 Å². The van der Waals surface area contributed by atoms with Crippen LogP contribution in [0.4, 0.5) is 5.82 Å². The van der Waals surface area contributed by atoms with E-state index in [0.29, 0.717) is 5.82 Å². The molecule has 6 heteroatoms. The SMILES string of the molecule is Cc1[nH]nc(NC(=O)c2ccc(O)cc2O)c1C. The third-order valence-corrected chi connectivity index (χ3v) is 2.71. The highest BCUT2D eigenvalue weighted by atomic mass is 16.3. The molecule has 94 valence electrons. The van der Waals surface area contributed by atoms with Crippen molar-refractivity contribution in [3.8, 4) is 11.5 Å². The van der Waals surface area contributed by atoms with Crippen molar-refractivity contribution in [3.05, 3.63) is 35.0 Å². The molecule has 0 saturated carbocycles. The molecule has 6 nitrogen and oxygen atoms in total. The average Bonchev–Trinajstić information content (AvgIpc) is 2.61. The number of nitrogens with one attached hydrogen (secondary N) is 2. The van der Waals surface area contributed by atoms with Gasteiger partial charge in [-0.2, -0.15) is 5.10 Å². The largest absolute Gasteiger partial charge is 0.508 e. The van der Waals surface area contributed by atoms with Gasteiger partial charge in [0.05, 0.1) is 5.56 Å². The summed E-state index contributed by atoms with van der Waals surface area (Å²) in [6, 6.07) is 3.78. The molecule has 0 bridgehead atoms. The molecule has 0 unspecified atom stereocenters. The maximum absolute atomic E-state index is 11.9. The van der Waals surface area contributed by atoms with Crippen molar-refractivity contribution in [2.75, 3.05) is 5.32 Å². The summed E-state index contributed by atoms with van der Waals surface area (Å²) in [5, 5.41) is 28.0. The van der Waals surface area contributed by atoms with Crippen molar-refractivity contribution in [3.63, 3.8) is 0 Å². The van der Waals surface area contributed by atoms with Crippen molar-refractivity contribution in [2.24, 2.45) is 0 Å². The zero-order chi connectivity index (χ0) is 13.3. The molecule has 1 heterocycles. The summed E-state index contributed by atoms with van der Waals surface area (Å²) in [5.41, 5.74) is 1.77. The number of carbonyl (C=O) groups excluding carboxylic acids is 1. The number of aromatic amines is 1. The van der Waals surface area contributed by atoms with Crippen LogP contribution in [0.3, 0.4) is 0 Å². The van der Waals surface area contributed by atoms with Gasteiger partial charge in [0.1, 0.15) is 11.5 Å². The van der Waals surface area contributed by atoms with E-state index in [9.17, 15) is 9.90 Å². The van der Waals surface area contributed by atoms with Crippen LogP contribution >= 0.6 is 0 Å². The highest BCUT2D eigenvalue weighted by Crippen LogP contribution is 2.24. The molecule has 0 atom stereocenters. The van der Waals surface area contributed by atoms with E-state index in [1.165, 1.54) is 12.1 Å². The van der Waals surface area contributed by atoms with Crippen LogP contribution in [0.1, 0.15) is 21.6 Å². The Labute approximate surface area is 103 Å². The van der Waals surface area contributed by atoms with Gasteiger partial charge in [-0.05, 0) is 26.0 Å². The minimum Gasteiger partial charge on any atom is -0.508 e. The van der Waals surface area contributed by atoms with Crippen molar-refractivity contribution < 1.29 is 15.0 Å². The number of aromatic nitrogens is 2. The number of benzene rings is 1. The van der Waals surface area contributed by atoms with Crippen LogP contribution in [-0.2, 0) is 0 Å². The first kappa shape index (κ1) is 12.0. The van der Waals surface area contributed by atoms with Crippen LogP contribution in [0.2, 0.25) is 0 Å². The number of amides is 1. The second kappa shape index (κ2) is 4.40. The van der Waals surface area contributed by atoms with E-state index >= 15 is 0 Å². The molecule has 1 aromatic heterocycles. The minimum absolute atomic E-state index is 0.0767. The molecule has 2 rings (SSSR count). The van der Waals surface area contributed by atoms with Gasteiger partial charge in [0.2, 0.25) is 0 Å². The fourth-order valence-corrected chi connectivity index (χ4v) is 1.49. The molecule has 0 aliphatic carbocycles. The van der Waals surface area contributed by atoms with Crippen LogP contribution in [-0.4, -0.2) is 26.3 Å². The molecule has 1 amide bonds. The molecule has 2 aromatic rings. The summed E-state index contributed by atoms with van der Waals surface area (Å²) in [5.74, 6) is -0.444. The fourth-order valence-electron chi connectivity index (χ4n) is 1.49. The highest BCUT2D eigenvalue weighted by molar-refractivity contribution is 6.06. The number of phenols is 2. The van der Waals surface area contributed by atoms with E-state index in [1.807, 2.05) is 13.8 Å². The van der Waals surface area contributed by atoms with Gasteiger partial charge < -0.3 is 15.5 Å². The van der Waals surface area contributed by atoms with E-state index in [4.69, 9.17) is 5.11 Å². The molecular formula is C12H13N3O3. The maximum atomic E-state index is 11.9. The van der Waals surface area contributed by atoms with Gasteiger partial charge in [0.15, 0.2) is 5.82 Å². The summed E-state index contributed by atoms with van der Waals surface area (Å²) in [6.07, 6.45) is 0. The van der Waals surface area contributed by atoms with Gasteiger partial charge >= 0.3 is 0 Å². The monoisotopic (exact) mass is 247 g/mol. The predicted octanol–water partition coefficient (Wildman–Crippen LogP) is 1.69. The number of phenolic OH excluding ortho intramolecular Hbond substituents is 2. The molecule has 0 fully saturated rings. The van der Waals surface area contributed by atoms with Crippen LogP contribution in [0.15, 0.2) is 18.2 Å². The van der Waals surface area contributed by atoms with Crippen LogP contribution in [0.25, 0.3) is 0 Å². The first-order valence-corrected chi connectivity index (χ1v) is 5.34. The Morgan fingerprint density at radius 3 is 2.61 bits per heavy atom. The van der Waals surface area contributed by atoms with E-state index < -0.39 is 5.91 Å². The Morgan fingerprint density at radius 2 is 2.06 bits per heavy atom. The summed E-state index contributed by atoms with van der Waals surface area (Å²) < 4.78 is 0. The van der Waals surface area contributed by atoms with E-state index in [1.54, 1.807) is 0 Å². The number of carbonyl (C=O) groups is 1. The van der Waals surface area contributed by atoms with E-state index in [0.717, 1.165) is 17.3 Å². The number of nitrogens with zero attached hydrogens (tertiary/aromatic N) is 1. The molecule has 18 heavy (non-hydrogen) atoms. The summed E-state index contributed by atoms with van der Waals surface area (Å²) in [6.45, 7) is 3.67. The number of hydrogen-bond acceptors (Lipinski definition) is 4. The number of H-pyrrole nitrogens is 1. The Bertz CT molecular complexity index is 605. The quantitative estimate of drug-likeness (QED) is 0.649. The third-order valence-electron chi connectivity index (χ3n) is 2.71. The molecule has 0 radical (unpaired) electrons. The van der Waals surface area contributed by atoms with E-state index in [2.05, 4.69) is 15.5 Å². The van der Waals surface area contributed by atoms with Gasteiger partial charge in [0, 0.05) is 17.3 Å². The molecule has 0 saturated heterocycles. The zero-order valence-corrected chi connectivity index (χ0v) is 9.98. The second-order valence-corrected chi connectivity index (χ2v) is 3.98. The predicted molar refractivity (Wildman–Crippen MR) is 65.8 cm³/mol. The number of aromatic hydroxyl groups is 2. The van der Waals surface area contributed by atoms with Crippen molar-refractivity contribution >= 4 is 11.7 Å². The van der Waals surface area contributed by atoms with Gasteiger partial charge in [-0.3, -0.25) is 9.89 Å². The van der Waals surface area contributed by atoms with Gasteiger partial charge in [-0.25, -0.2) is 0 Å². The molecule has 0 aliphatic rings. The first-order valence-electron chi connectivity index (χ1n) is 5.34. The molecule has 1 aromatic carbocycles. The van der Waals surface area contributed by atoms with Crippen molar-refractivity contribution in [1.29, 1.82) is 0 Å². The highest BCUT2D eigenvalue weighted by Gasteiger charge is 2.14. The third kappa shape index (κ3) is 2.13. The van der Waals surface area contributed by atoms with Gasteiger partial charge in [-0.1, -0.05) is 0 Å². The molecule has 0 spiro atoms. The molecule has 0 aliphatic heterocycles. The topological polar surface area (TPSA) is 98.2 Å². The van der Waals surface area contributed by atoms with Crippen molar-refractivity contribution in [1.82, 2.24) is 10.2 Å². The lowest BCUT2D eigenvalue weighted by atomic mass is 10.1. The lowest BCUT2D eigenvalue weighted by molar-refractivity contribution is 0.102. The van der Waals surface area contributed by atoms with Crippen molar-refractivity contribution in [2.45, 2.75) is 13.8 Å². The normalized spacial score (nSPS) is 10.3. The average molecular weight is 247 g/mol. The minimum atomic E-state index is -0.484. The lowest BCUT2D eigenvalue weighted by Crippen LogP contribution is -2.13. The number of rotatable bonds is 2. The summed E-state index contributed by atoms with van der Waals surface area (Å²) >= 11 is 0. The van der Waals surface area contributed by atoms with Crippen LogP contribution in [0.5, 0.6) is 11.5 Å². The Balaban J connectivity index is 2.25. The maximum Gasteiger partial charge on any atom is 0.260 e. The van der Waals surface area contributed by atoms with Gasteiger partial charge in [-0.15, -0.1) is 0 Å². The Morgan fingerprint density at radius 1 is 1.33 bits per heavy atom. The second-order valence-electron chi connectivity index (χ2n) is 3.98. The summed E-state index contributed by atoms with van der Waals surface area (Å²) in [4.78, 5) is 11.9. The van der Waals surface area contributed by atoms with E-state index in [-0.39, 0.29) is 17.1 Å². The smallest absolute Gasteiger partial charge is 0.260 e. The Kier molecular flexibility index (Phi) is 2.93. The standard InChI is InChI=1S/C12H13N3O3/c1-6-7(2)14-15-11(6)13-12(18)9-4-3-8(16)5-10(9)17/h3-5,16-17H,1-2H3,(H2,13,14,15,18). The zero-order valence-electron chi connectivity index (χ0n) is 9.98. The number of anilines is 1. The first-order chi connectivity index (χ1) is 8.49. The number of aryl methyl sites for hydroxylation is 1. The summed E-state index contributed by atoms with van der Waals surface area (Å²) in [7, 11) is 0. The number of hydrogen-bond donors (Lipinski definition) is 4. The fraction of sp³-hybridized carbons (Fsp3) is 0.167. The Hall–Kier alpha value is -2.50. The lowest BCUT2D eigenvalue weighted by Gasteiger charge is -2.05. The van der Waals surface area contributed by atoms with Gasteiger partial charge in [0.25, 0.3) is 5.91 Å².